The van der Waals surface area contributed by atoms with E-state index in [9.17, 15) is 19.1 Å². The van der Waals surface area contributed by atoms with Gasteiger partial charge in [0.05, 0.1) is 6.61 Å². The number of amides is 3. The molecule has 154 valence electrons. The zero-order valence-electron chi connectivity index (χ0n) is 16.3. The van der Waals surface area contributed by atoms with Crippen molar-refractivity contribution in [1.82, 2.24) is 15.5 Å². The van der Waals surface area contributed by atoms with Crippen molar-refractivity contribution in [3.05, 3.63) is 71.5 Å². The van der Waals surface area contributed by atoms with Gasteiger partial charge in [0, 0.05) is 37.3 Å². The predicted octanol–water partition coefficient (Wildman–Crippen LogP) is 2.89. The Morgan fingerprint density at radius 3 is 2.67 bits per heavy atom. The van der Waals surface area contributed by atoms with E-state index in [0.29, 0.717) is 48.4 Å². The summed E-state index contributed by atoms with van der Waals surface area (Å²) >= 11 is 0. The Kier molecular flexibility index (Phi) is 5.63. The molecule has 1 fully saturated rings. The summed E-state index contributed by atoms with van der Waals surface area (Å²) in [7, 11) is 0. The van der Waals surface area contributed by atoms with Crippen LogP contribution in [0.1, 0.15) is 15.9 Å². The Hall–Kier alpha value is -3.45. The summed E-state index contributed by atoms with van der Waals surface area (Å²) < 4.78 is 14.3. The molecule has 1 heterocycles. The van der Waals surface area contributed by atoms with Gasteiger partial charge >= 0.3 is 6.03 Å². The van der Waals surface area contributed by atoms with Crippen molar-refractivity contribution in [1.29, 1.82) is 0 Å². The van der Waals surface area contributed by atoms with Crippen LogP contribution >= 0.6 is 0 Å². The Morgan fingerprint density at radius 2 is 1.90 bits per heavy atom. The Bertz CT molecular complexity index is 1120. The van der Waals surface area contributed by atoms with Gasteiger partial charge in [-0.1, -0.05) is 24.3 Å². The molecule has 0 spiro atoms. The third-order valence-electron chi connectivity index (χ3n) is 5.24. The summed E-state index contributed by atoms with van der Waals surface area (Å²) in [5, 5.41) is 16.6. The van der Waals surface area contributed by atoms with Crippen molar-refractivity contribution in [2.75, 3.05) is 26.2 Å². The van der Waals surface area contributed by atoms with Gasteiger partial charge in [-0.15, -0.1) is 0 Å². The zero-order chi connectivity index (χ0) is 21.1. The van der Waals surface area contributed by atoms with Crippen LogP contribution in [-0.2, 0) is 6.61 Å². The first kappa shape index (κ1) is 19.8. The van der Waals surface area contributed by atoms with Gasteiger partial charge in [0.2, 0.25) is 0 Å². The number of fused-ring (bicyclic) bond motifs is 1. The highest BCUT2D eigenvalue weighted by molar-refractivity contribution is 5.99. The number of rotatable bonds is 6. The first-order valence-corrected chi connectivity index (χ1v) is 9.79. The molecule has 1 saturated heterocycles. The van der Waals surface area contributed by atoms with Crippen LogP contribution in [0.5, 0.6) is 0 Å². The minimum atomic E-state index is -0.353. The van der Waals surface area contributed by atoms with E-state index in [2.05, 4.69) is 10.6 Å². The average molecular weight is 407 g/mol. The highest BCUT2D eigenvalue weighted by Gasteiger charge is 2.18. The first-order chi connectivity index (χ1) is 14.5. The van der Waals surface area contributed by atoms with E-state index in [1.165, 1.54) is 6.07 Å². The second-order valence-corrected chi connectivity index (χ2v) is 7.22. The van der Waals surface area contributed by atoms with Crippen LogP contribution in [0.2, 0.25) is 0 Å². The summed E-state index contributed by atoms with van der Waals surface area (Å²) in [6.07, 6.45) is 0. The van der Waals surface area contributed by atoms with Gasteiger partial charge in [-0.3, -0.25) is 4.79 Å². The van der Waals surface area contributed by atoms with Crippen LogP contribution in [0.15, 0.2) is 54.6 Å². The smallest absolute Gasteiger partial charge is 0.317 e. The van der Waals surface area contributed by atoms with Gasteiger partial charge in [0.15, 0.2) is 0 Å². The number of benzene rings is 3. The van der Waals surface area contributed by atoms with E-state index in [4.69, 9.17) is 0 Å². The van der Waals surface area contributed by atoms with Gasteiger partial charge in [0.1, 0.15) is 5.82 Å². The number of urea groups is 1. The lowest BCUT2D eigenvalue weighted by Gasteiger charge is -2.14. The number of hydrogen-bond donors (Lipinski definition) is 3. The Labute approximate surface area is 173 Å². The van der Waals surface area contributed by atoms with Gasteiger partial charge < -0.3 is 20.6 Å². The fourth-order valence-electron chi connectivity index (χ4n) is 3.58. The Morgan fingerprint density at radius 1 is 1.10 bits per heavy atom. The van der Waals surface area contributed by atoms with Crippen LogP contribution in [0.25, 0.3) is 21.9 Å². The van der Waals surface area contributed by atoms with Crippen LogP contribution in [-0.4, -0.2) is 48.1 Å². The summed E-state index contributed by atoms with van der Waals surface area (Å²) in [5.74, 6) is -0.559. The molecule has 7 heteroatoms. The molecular formula is C23H22FN3O3. The van der Waals surface area contributed by atoms with Gasteiger partial charge in [-0.25, -0.2) is 9.18 Å². The van der Waals surface area contributed by atoms with Gasteiger partial charge in [0.25, 0.3) is 5.91 Å². The number of halogens is 1. The second kappa shape index (κ2) is 8.51. The third-order valence-corrected chi connectivity index (χ3v) is 5.24. The molecule has 0 saturated carbocycles. The van der Waals surface area contributed by atoms with Crippen LogP contribution < -0.4 is 10.6 Å². The molecule has 3 aromatic carbocycles. The van der Waals surface area contributed by atoms with E-state index in [0.717, 1.165) is 10.8 Å². The summed E-state index contributed by atoms with van der Waals surface area (Å²) in [4.78, 5) is 25.6. The minimum Gasteiger partial charge on any atom is -0.392 e. The SMILES string of the molecule is O=C(NCCN1CCNC1=O)c1ccc2cc(-c3cc(CO)ccc3F)ccc2c1. The highest BCUT2D eigenvalue weighted by Crippen LogP contribution is 2.28. The number of nitrogens with one attached hydrogen (secondary N) is 2. The number of nitrogens with zero attached hydrogens (tertiary/aromatic N) is 1. The molecular weight excluding hydrogens is 385 g/mol. The highest BCUT2D eigenvalue weighted by atomic mass is 19.1. The van der Waals surface area contributed by atoms with Crippen molar-refractivity contribution in [3.8, 4) is 11.1 Å². The summed E-state index contributed by atoms with van der Waals surface area (Å²) in [6.45, 7) is 1.97. The summed E-state index contributed by atoms with van der Waals surface area (Å²) in [5.41, 5.74) is 2.30. The van der Waals surface area contributed by atoms with Crippen molar-refractivity contribution >= 4 is 22.7 Å². The Balaban J connectivity index is 1.49. The maximum atomic E-state index is 14.3. The molecule has 1 aliphatic heterocycles. The monoisotopic (exact) mass is 407 g/mol. The number of aliphatic hydroxyl groups excluding tert-OH is 1. The molecule has 3 amide bonds. The van der Waals surface area contributed by atoms with Crippen LogP contribution in [0.4, 0.5) is 9.18 Å². The number of carbonyl (C=O) groups excluding carboxylic acids is 2. The lowest BCUT2D eigenvalue weighted by atomic mass is 9.98. The topological polar surface area (TPSA) is 81.7 Å². The van der Waals surface area contributed by atoms with Crippen molar-refractivity contribution in [3.63, 3.8) is 0 Å². The molecule has 0 unspecified atom stereocenters. The van der Waals surface area contributed by atoms with Crippen molar-refractivity contribution in [2.24, 2.45) is 0 Å². The minimum absolute atomic E-state index is 0.105. The lowest BCUT2D eigenvalue weighted by molar-refractivity contribution is 0.0950. The maximum absolute atomic E-state index is 14.3. The molecule has 30 heavy (non-hydrogen) atoms. The quantitative estimate of drug-likeness (QED) is 0.588. The van der Waals surface area contributed by atoms with Crippen molar-refractivity contribution < 1.29 is 19.1 Å². The molecule has 3 N–H and O–H groups in total. The van der Waals surface area contributed by atoms with E-state index >= 15 is 0 Å². The molecule has 4 rings (SSSR count). The van der Waals surface area contributed by atoms with Gasteiger partial charge in [-0.2, -0.15) is 0 Å². The zero-order valence-corrected chi connectivity index (χ0v) is 16.3. The molecule has 0 bridgehead atoms. The number of carbonyl (C=O) groups is 2. The van der Waals surface area contributed by atoms with E-state index in [1.54, 1.807) is 35.2 Å². The lowest BCUT2D eigenvalue weighted by Crippen LogP contribution is -2.36. The number of aliphatic hydroxyl groups is 1. The van der Waals surface area contributed by atoms with Crippen LogP contribution in [0, 0.1) is 5.82 Å². The molecule has 0 atom stereocenters. The fraction of sp³-hybridized carbons (Fsp3) is 0.217. The molecule has 6 nitrogen and oxygen atoms in total. The van der Waals surface area contributed by atoms with E-state index < -0.39 is 0 Å². The summed E-state index contributed by atoms with van der Waals surface area (Å²) in [6, 6.07) is 15.3. The molecule has 3 aromatic rings. The van der Waals surface area contributed by atoms with Crippen molar-refractivity contribution in [2.45, 2.75) is 6.61 Å². The largest absolute Gasteiger partial charge is 0.392 e. The standard InChI is InChI=1S/C23H22FN3O3/c24-21-6-1-15(14-28)11-20(21)18-4-2-17-13-19(5-3-16(17)12-18)22(29)25-7-9-27-10-8-26-23(27)30/h1-6,11-13,28H,7-10,14H2,(H,25,29)(H,26,30). The second-order valence-electron chi connectivity index (χ2n) is 7.22. The fourth-order valence-corrected chi connectivity index (χ4v) is 3.58. The van der Waals surface area contributed by atoms with E-state index in [-0.39, 0.29) is 24.4 Å². The first-order valence-electron chi connectivity index (χ1n) is 9.79. The average Bonchev–Trinajstić information content (AvgIpc) is 3.18. The normalized spacial score (nSPS) is 13.5. The number of hydrogen-bond acceptors (Lipinski definition) is 3. The third kappa shape index (κ3) is 4.11. The molecule has 0 aliphatic carbocycles. The molecule has 1 aliphatic rings. The van der Waals surface area contributed by atoms with Crippen LogP contribution in [0.3, 0.4) is 0 Å². The van der Waals surface area contributed by atoms with E-state index in [1.807, 2.05) is 18.2 Å². The molecule has 0 aromatic heterocycles. The maximum Gasteiger partial charge on any atom is 0.317 e. The molecule has 0 radical (unpaired) electrons. The predicted molar refractivity (Wildman–Crippen MR) is 113 cm³/mol. The van der Waals surface area contributed by atoms with Gasteiger partial charge in [-0.05, 0) is 52.2 Å².